The molecule has 2 aromatic rings. The van der Waals surface area contributed by atoms with Gasteiger partial charge in [0.15, 0.2) is 11.5 Å². The number of hydrogen-bond donors (Lipinski definition) is 0. The van der Waals surface area contributed by atoms with Gasteiger partial charge in [-0.3, -0.25) is 4.79 Å². The molecule has 2 aliphatic rings. The number of aryl methyl sites for hydroxylation is 2. The second kappa shape index (κ2) is 9.50. The molecule has 8 heteroatoms. The number of rotatable bonds is 7. The van der Waals surface area contributed by atoms with Gasteiger partial charge in [-0.25, -0.2) is 8.42 Å². The zero-order valence-electron chi connectivity index (χ0n) is 18.7. The van der Waals surface area contributed by atoms with E-state index in [1.807, 2.05) is 26.0 Å². The molecule has 0 spiro atoms. The molecule has 0 bridgehead atoms. The number of amides is 1. The van der Waals surface area contributed by atoms with Crippen LogP contribution in [-0.4, -0.2) is 62.9 Å². The Balaban J connectivity index is 1.45. The van der Waals surface area contributed by atoms with Crippen molar-refractivity contribution in [2.75, 3.05) is 39.4 Å². The number of piperazine rings is 1. The largest absolute Gasteiger partial charge is 0.490 e. The molecule has 1 heterocycles. The first-order valence-corrected chi connectivity index (χ1v) is 12.7. The monoisotopic (exact) mass is 458 g/mol. The number of ether oxygens (including phenoxy) is 2. The highest BCUT2D eigenvalue weighted by Gasteiger charge is 2.31. The fraction of sp³-hybridized carbons (Fsp3) is 0.458. The molecular formula is C24H30N2O5S. The van der Waals surface area contributed by atoms with E-state index in [4.69, 9.17) is 9.47 Å². The number of carbonyl (C=O) groups is 1. The quantitative estimate of drug-likeness (QED) is 0.637. The molecule has 0 saturated carbocycles. The fourth-order valence-electron chi connectivity index (χ4n) is 4.36. The molecule has 0 N–H and O–H groups in total. The maximum Gasteiger partial charge on any atom is 0.253 e. The Labute approximate surface area is 190 Å². The van der Waals surface area contributed by atoms with E-state index >= 15 is 0 Å². The van der Waals surface area contributed by atoms with Crippen LogP contribution < -0.4 is 9.47 Å². The summed E-state index contributed by atoms with van der Waals surface area (Å²) in [5.74, 6) is 0.912. The van der Waals surface area contributed by atoms with Crippen molar-refractivity contribution in [3.8, 4) is 11.5 Å². The van der Waals surface area contributed by atoms with E-state index < -0.39 is 10.0 Å². The first kappa shape index (κ1) is 22.6. The van der Waals surface area contributed by atoms with Crippen molar-refractivity contribution < 1.29 is 22.7 Å². The summed E-state index contributed by atoms with van der Waals surface area (Å²) in [5.41, 5.74) is 3.28. The van der Waals surface area contributed by atoms with Crippen LogP contribution in [-0.2, 0) is 22.9 Å². The smallest absolute Gasteiger partial charge is 0.253 e. The molecule has 0 unspecified atom stereocenters. The lowest BCUT2D eigenvalue weighted by molar-refractivity contribution is 0.0698. The van der Waals surface area contributed by atoms with Crippen LogP contribution in [0.4, 0.5) is 0 Å². The van der Waals surface area contributed by atoms with E-state index in [0.717, 1.165) is 19.3 Å². The highest BCUT2D eigenvalue weighted by atomic mass is 32.2. The standard InChI is InChI=1S/C24H30N2O5S/c1-3-30-22-11-10-21(17-23(22)31-4-2)32(28,29)26-14-12-25(13-15-26)24(27)20-9-8-18-6-5-7-19(18)16-20/h8-11,16-17H,3-7,12-15H2,1-2H3. The van der Waals surface area contributed by atoms with E-state index in [1.54, 1.807) is 17.0 Å². The second-order valence-corrected chi connectivity index (χ2v) is 9.95. The van der Waals surface area contributed by atoms with Gasteiger partial charge in [-0.15, -0.1) is 0 Å². The minimum absolute atomic E-state index is 0.0311. The van der Waals surface area contributed by atoms with Crippen LogP contribution in [0.15, 0.2) is 41.3 Å². The summed E-state index contributed by atoms with van der Waals surface area (Å²) in [6.07, 6.45) is 3.24. The van der Waals surface area contributed by atoms with Crippen LogP contribution in [0.2, 0.25) is 0 Å². The highest BCUT2D eigenvalue weighted by molar-refractivity contribution is 7.89. The number of fused-ring (bicyclic) bond motifs is 1. The van der Waals surface area contributed by atoms with Crippen molar-refractivity contribution in [2.45, 2.75) is 38.0 Å². The fourth-order valence-corrected chi connectivity index (χ4v) is 5.80. The van der Waals surface area contributed by atoms with Crippen LogP contribution in [0.1, 0.15) is 41.8 Å². The molecule has 0 radical (unpaired) electrons. The van der Waals surface area contributed by atoms with E-state index in [2.05, 4.69) is 6.07 Å². The molecule has 1 aliphatic carbocycles. The van der Waals surface area contributed by atoms with Crippen LogP contribution in [0.3, 0.4) is 0 Å². The molecule has 0 aromatic heterocycles. The molecule has 0 atom stereocenters. The van der Waals surface area contributed by atoms with E-state index in [-0.39, 0.29) is 23.9 Å². The Morgan fingerprint density at radius 1 is 0.875 bits per heavy atom. The second-order valence-electron chi connectivity index (χ2n) is 8.01. The van der Waals surface area contributed by atoms with Gasteiger partial charge in [-0.1, -0.05) is 6.07 Å². The van der Waals surface area contributed by atoms with Gasteiger partial charge in [-0.05, 0) is 68.5 Å². The number of carbonyl (C=O) groups excluding carboxylic acids is 1. The Kier molecular flexibility index (Phi) is 6.71. The Morgan fingerprint density at radius 3 is 2.28 bits per heavy atom. The lowest BCUT2D eigenvalue weighted by Gasteiger charge is -2.34. The highest BCUT2D eigenvalue weighted by Crippen LogP contribution is 2.32. The third kappa shape index (κ3) is 4.47. The van der Waals surface area contributed by atoms with E-state index in [0.29, 0.717) is 43.4 Å². The van der Waals surface area contributed by atoms with Crippen molar-refractivity contribution in [3.05, 3.63) is 53.1 Å². The van der Waals surface area contributed by atoms with E-state index in [9.17, 15) is 13.2 Å². The van der Waals surface area contributed by atoms with Crippen molar-refractivity contribution >= 4 is 15.9 Å². The van der Waals surface area contributed by atoms with Crippen molar-refractivity contribution in [3.63, 3.8) is 0 Å². The zero-order chi connectivity index (χ0) is 22.7. The lowest BCUT2D eigenvalue weighted by Crippen LogP contribution is -2.50. The SMILES string of the molecule is CCOc1ccc(S(=O)(=O)N2CCN(C(=O)c3ccc4c(c3)CCC4)CC2)cc1OCC. The summed E-state index contributed by atoms with van der Waals surface area (Å²) >= 11 is 0. The summed E-state index contributed by atoms with van der Waals surface area (Å²) in [5, 5.41) is 0. The summed E-state index contributed by atoms with van der Waals surface area (Å²) in [4.78, 5) is 14.9. The molecule has 1 amide bonds. The van der Waals surface area contributed by atoms with Gasteiger partial charge in [-0.2, -0.15) is 4.31 Å². The predicted molar refractivity (Wildman–Crippen MR) is 122 cm³/mol. The summed E-state index contributed by atoms with van der Waals surface area (Å²) in [7, 11) is -3.70. The molecule has 1 aliphatic heterocycles. The molecule has 32 heavy (non-hydrogen) atoms. The first-order chi connectivity index (χ1) is 15.4. The molecular weight excluding hydrogens is 428 g/mol. The van der Waals surface area contributed by atoms with Gasteiger partial charge in [0.2, 0.25) is 10.0 Å². The van der Waals surface area contributed by atoms with Crippen molar-refractivity contribution in [1.82, 2.24) is 9.21 Å². The Hall–Kier alpha value is -2.58. The molecule has 172 valence electrons. The maximum absolute atomic E-state index is 13.2. The topological polar surface area (TPSA) is 76.2 Å². The van der Waals surface area contributed by atoms with Gasteiger partial charge < -0.3 is 14.4 Å². The average Bonchev–Trinajstić information content (AvgIpc) is 3.28. The number of nitrogens with zero attached hydrogens (tertiary/aromatic N) is 2. The van der Waals surface area contributed by atoms with Gasteiger partial charge >= 0.3 is 0 Å². The minimum Gasteiger partial charge on any atom is -0.490 e. The normalized spacial score (nSPS) is 16.6. The Bertz CT molecular complexity index is 1090. The maximum atomic E-state index is 13.2. The van der Waals surface area contributed by atoms with Gasteiger partial charge in [0, 0.05) is 37.8 Å². The third-order valence-corrected chi connectivity index (χ3v) is 7.92. The molecule has 1 fully saturated rings. The van der Waals surface area contributed by atoms with Crippen molar-refractivity contribution in [2.24, 2.45) is 0 Å². The molecule has 4 rings (SSSR count). The molecule has 7 nitrogen and oxygen atoms in total. The third-order valence-electron chi connectivity index (χ3n) is 6.02. The molecule has 1 saturated heterocycles. The minimum atomic E-state index is -3.70. The van der Waals surface area contributed by atoms with Gasteiger partial charge in [0.05, 0.1) is 18.1 Å². The number of sulfonamides is 1. The number of benzene rings is 2. The van der Waals surface area contributed by atoms with Crippen LogP contribution in [0, 0.1) is 0 Å². The Morgan fingerprint density at radius 2 is 1.56 bits per heavy atom. The molecule has 2 aromatic carbocycles. The van der Waals surface area contributed by atoms with Gasteiger partial charge in [0.25, 0.3) is 5.91 Å². The summed E-state index contributed by atoms with van der Waals surface area (Å²) < 4.78 is 39.0. The lowest BCUT2D eigenvalue weighted by atomic mass is 10.1. The van der Waals surface area contributed by atoms with Crippen LogP contribution in [0.5, 0.6) is 11.5 Å². The number of hydrogen-bond acceptors (Lipinski definition) is 5. The van der Waals surface area contributed by atoms with Crippen molar-refractivity contribution in [1.29, 1.82) is 0 Å². The summed E-state index contributed by atoms with van der Waals surface area (Å²) in [6.45, 7) is 5.83. The first-order valence-electron chi connectivity index (χ1n) is 11.2. The van der Waals surface area contributed by atoms with E-state index in [1.165, 1.54) is 21.5 Å². The zero-order valence-corrected chi connectivity index (χ0v) is 19.5. The predicted octanol–water partition coefficient (Wildman–Crippen LogP) is 3.12. The summed E-state index contributed by atoms with van der Waals surface area (Å²) in [6, 6.07) is 10.7. The average molecular weight is 459 g/mol. The van der Waals surface area contributed by atoms with Crippen LogP contribution in [0.25, 0.3) is 0 Å². The van der Waals surface area contributed by atoms with Crippen LogP contribution >= 0.6 is 0 Å². The van der Waals surface area contributed by atoms with Gasteiger partial charge in [0.1, 0.15) is 0 Å².